The van der Waals surface area contributed by atoms with E-state index in [4.69, 9.17) is 16.1 Å². The quantitative estimate of drug-likeness (QED) is 0.897. The van der Waals surface area contributed by atoms with E-state index < -0.39 is 0 Å². The number of hydrogen-bond acceptors (Lipinski definition) is 4. The molecule has 1 N–H and O–H groups in total. The number of hydrogen-bond donors (Lipinski definition) is 1. The molecule has 0 aliphatic heterocycles. The summed E-state index contributed by atoms with van der Waals surface area (Å²) in [6.07, 6.45) is 5.95. The summed E-state index contributed by atoms with van der Waals surface area (Å²) in [5, 5.41) is 14.4. The van der Waals surface area contributed by atoms with E-state index in [1.807, 2.05) is 0 Å². The van der Waals surface area contributed by atoms with Crippen LogP contribution < -0.4 is 0 Å². The van der Waals surface area contributed by atoms with Gasteiger partial charge in [-0.3, -0.25) is 0 Å². The third-order valence-corrected chi connectivity index (χ3v) is 3.84. The predicted octanol–water partition coefficient (Wildman–Crippen LogP) is 4.14. The first-order valence-corrected chi connectivity index (χ1v) is 6.94. The first-order chi connectivity index (χ1) is 9.24. The Morgan fingerprint density at radius 2 is 2.00 bits per heavy atom. The van der Waals surface area contributed by atoms with Crippen molar-refractivity contribution in [3.05, 3.63) is 29.0 Å². The summed E-state index contributed by atoms with van der Waals surface area (Å²) >= 11 is 5.92. The van der Waals surface area contributed by atoms with Crippen molar-refractivity contribution in [3.63, 3.8) is 0 Å². The van der Waals surface area contributed by atoms with Crippen LogP contribution in [0.1, 0.15) is 43.8 Å². The second-order valence-corrected chi connectivity index (χ2v) is 5.39. The molecule has 2 aromatic rings. The Kier molecular flexibility index (Phi) is 3.42. The number of phenols is 1. The fourth-order valence-electron chi connectivity index (χ4n) is 2.55. The largest absolute Gasteiger partial charge is 0.507 e. The molecule has 0 amide bonds. The average Bonchev–Trinajstić information content (AvgIpc) is 2.92. The molecule has 1 aliphatic rings. The van der Waals surface area contributed by atoms with Gasteiger partial charge in [-0.15, -0.1) is 0 Å². The van der Waals surface area contributed by atoms with E-state index in [-0.39, 0.29) is 5.75 Å². The molecule has 1 fully saturated rings. The Balaban J connectivity index is 1.89. The zero-order valence-corrected chi connectivity index (χ0v) is 11.2. The molecule has 1 aromatic heterocycles. The molecule has 0 atom stereocenters. The van der Waals surface area contributed by atoms with Crippen LogP contribution in [0.5, 0.6) is 5.75 Å². The van der Waals surface area contributed by atoms with Gasteiger partial charge in [0.25, 0.3) is 5.89 Å². The number of phenolic OH excluding ortho intramolecular Hbond substituents is 1. The highest BCUT2D eigenvalue weighted by Crippen LogP contribution is 2.34. The van der Waals surface area contributed by atoms with Crippen LogP contribution >= 0.6 is 11.6 Å². The van der Waals surface area contributed by atoms with Gasteiger partial charge < -0.3 is 9.63 Å². The lowest BCUT2D eigenvalue weighted by molar-refractivity contribution is 0.384. The van der Waals surface area contributed by atoms with Gasteiger partial charge in [0.15, 0.2) is 5.82 Å². The molecule has 0 unspecified atom stereocenters. The van der Waals surface area contributed by atoms with Crippen LogP contribution in [0.4, 0.5) is 0 Å². The van der Waals surface area contributed by atoms with Crippen molar-refractivity contribution >= 4 is 11.6 Å². The molecular formula is C14H15ClN2O2. The molecule has 0 saturated heterocycles. The molecule has 0 bridgehead atoms. The Morgan fingerprint density at radius 1 is 1.21 bits per heavy atom. The number of halogens is 1. The molecule has 0 radical (unpaired) electrons. The van der Waals surface area contributed by atoms with Crippen LogP contribution in [0.3, 0.4) is 0 Å². The van der Waals surface area contributed by atoms with E-state index >= 15 is 0 Å². The van der Waals surface area contributed by atoms with Crippen molar-refractivity contribution in [1.82, 2.24) is 10.1 Å². The van der Waals surface area contributed by atoms with Crippen molar-refractivity contribution in [2.75, 3.05) is 0 Å². The molecular weight excluding hydrogens is 264 g/mol. The fraction of sp³-hybridized carbons (Fsp3) is 0.429. The lowest BCUT2D eigenvalue weighted by atomic mass is 9.89. The minimum atomic E-state index is 0.100. The van der Waals surface area contributed by atoms with E-state index in [1.165, 1.54) is 25.3 Å². The van der Waals surface area contributed by atoms with Gasteiger partial charge in [-0.2, -0.15) is 4.98 Å². The Hall–Kier alpha value is -1.55. The smallest absolute Gasteiger partial charge is 0.261 e. The maximum Gasteiger partial charge on any atom is 0.261 e. The van der Waals surface area contributed by atoms with Crippen molar-refractivity contribution < 1.29 is 9.63 Å². The van der Waals surface area contributed by atoms with Crippen LogP contribution in [0, 0.1) is 0 Å². The van der Waals surface area contributed by atoms with E-state index in [1.54, 1.807) is 12.1 Å². The maximum absolute atomic E-state index is 9.82. The van der Waals surface area contributed by atoms with Crippen molar-refractivity contribution in [3.8, 4) is 17.2 Å². The third-order valence-electron chi connectivity index (χ3n) is 3.60. The molecule has 19 heavy (non-hydrogen) atoms. The Labute approximate surface area is 116 Å². The molecule has 3 rings (SSSR count). The highest BCUT2D eigenvalue weighted by Gasteiger charge is 2.22. The summed E-state index contributed by atoms with van der Waals surface area (Å²) in [5.74, 6) is 1.56. The molecule has 1 saturated carbocycles. The number of nitrogens with zero attached hydrogens (tertiary/aromatic N) is 2. The lowest BCUT2D eigenvalue weighted by Crippen LogP contribution is -2.06. The van der Waals surface area contributed by atoms with Crippen molar-refractivity contribution in [2.24, 2.45) is 0 Å². The average molecular weight is 279 g/mol. The number of benzene rings is 1. The summed E-state index contributed by atoms with van der Waals surface area (Å²) in [5.41, 5.74) is 0.488. The third kappa shape index (κ3) is 2.59. The van der Waals surface area contributed by atoms with E-state index in [0.29, 0.717) is 22.4 Å². The second-order valence-electron chi connectivity index (χ2n) is 4.95. The van der Waals surface area contributed by atoms with Crippen LogP contribution in [0.2, 0.25) is 5.02 Å². The van der Waals surface area contributed by atoms with Crippen LogP contribution in [-0.4, -0.2) is 15.2 Å². The standard InChI is InChI=1S/C14H15ClN2O2/c15-10-6-7-12(18)11(8-10)14-16-13(17-19-14)9-4-2-1-3-5-9/h6-9,18H,1-5H2. The molecule has 4 nitrogen and oxygen atoms in total. The van der Waals surface area contributed by atoms with Gasteiger partial charge in [-0.1, -0.05) is 36.0 Å². The number of aromatic nitrogens is 2. The normalized spacial score (nSPS) is 16.7. The Bertz CT molecular complexity index is 577. The van der Waals surface area contributed by atoms with Gasteiger partial charge in [0.05, 0.1) is 5.56 Å². The maximum atomic E-state index is 9.82. The number of rotatable bonds is 2. The highest BCUT2D eigenvalue weighted by atomic mass is 35.5. The van der Waals surface area contributed by atoms with E-state index in [9.17, 15) is 5.11 Å². The van der Waals surface area contributed by atoms with Gasteiger partial charge in [-0.05, 0) is 31.0 Å². The summed E-state index contributed by atoms with van der Waals surface area (Å²) in [7, 11) is 0. The number of aromatic hydroxyl groups is 1. The first kappa shape index (κ1) is 12.5. The van der Waals surface area contributed by atoms with Crippen LogP contribution in [0.15, 0.2) is 22.7 Å². The molecule has 1 aliphatic carbocycles. The molecule has 1 heterocycles. The zero-order chi connectivity index (χ0) is 13.2. The van der Waals surface area contributed by atoms with Crippen LogP contribution in [-0.2, 0) is 0 Å². The molecule has 100 valence electrons. The zero-order valence-electron chi connectivity index (χ0n) is 10.5. The van der Waals surface area contributed by atoms with Crippen LogP contribution in [0.25, 0.3) is 11.5 Å². The van der Waals surface area contributed by atoms with Gasteiger partial charge in [0, 0.05) is 10.9 Å². The minimum Gasteiger partial charge on any atom is -0.507 e. The predicted molar refractivity (Wildman–Crippen MR) is 72.2 cm³/mol. The SMILES string of the molecule is Oc1ccc(Cl)cc1-c1nc(C2CCCCC2)no1. The monoisotopic (exact) mass is 278 g/mol. The minimum absolute atomic E-state index is 0.100. The van der Waals surface area contributed by atoms with Gasteiger partial charge in [0.1, 0.15) is 5.75 Å². The van der Waals surface area contributed by atoms with Crippen molar-refractivity contribution in [2.45, 2.75) is 38.0 Å². The first-order valence-electron chi connectivity index (χ1n) is 6.56. The second kappa shape index (κ2) is 5.21. The topological polar surface area (TPSA) is 59.2 Å². The summed E-state index contributed by atoms with van der Waals surface area (Å²) in [6.45, 7) is 0. The lowest BCUT2D eigenvalue weighted by Gasteiger charge is -2.17. The Morgan fingerprint density at radius 3 is 2.79 bits per heavy atom. The van der Waals surface area contributed by atoms with E-state index in [2.05, 4.69) is 10.1 Å². The summed E-state index contributed by atoms with van der Waals surface area (Å²) in [4.78, 5) is 4.41. The fourth-order valence-corrected chi connectivity index (χ4v) is 2.72. The van der Waals surface area contributed by atoms with Gasteiger partial charge >= 0.3 is 0 Å². The molecule has 0 spiro atoms. The molecule has 1 aromatic carbocycles. The molecule has 5 heteroatoms. The van der Waals surface area contributed by atoms with Gasteiger partial charge in [-0.25, -0.2) is 0 Å². The van der Waals surface area contributed by atoms with Gasteiger partial charge in [0.2, 0.25) is 0 Å². The van der Waals surface area contributed by atoms with Crippen molar-refractivity contribution in [1.29, 1.82) is 0 Å². The summed E-state index contributed by atoms with van der Waals surface area (Å²) in [6, 6.07) is 4.79. The highest BCUT2D eigenvalue weighted by molar-refractivity contribution is 6.30. The summed E-state index contributed by atoms with van der Waals surface area (Å²) < 4.78 is 5.26. The van der Waals surface area contributed by atoms with E-state index in [0.717, 1.165) is 18.7 Å².